The van der Waals surface area contributed by atoms with Crippen LogP contribution in [0.5, 0.6) is 0 Å². The van der Waals surface area contributed by atoms with Gasteiger partial charge in [-0.25, -0.2) is 0 Å². The molecule has 0 aliphatic carbocycles. The number of amides is 1. The molecule has 19 heavy (non-hydrogen) atoms. The molecule has 0 aliphatic rings. The third kappa shape index (κ3) is 3.49. The van der Waals surface area contributed by atoms with Crippen molar-refractivity contribution in [2.45, 2.75) is 19.6 Å². The second-order valence-electron chi connectivity index (χ2n) is 4.40. The largest absolute Gasteiger partial charge is 0.405 e. The maximum atomic E-state index is 12.0. The fourth-order valence-electron chi connectivity index (χ4n) is 1.87. The monoisotopic (exact) mass is 270 g/mol. The number of alkyl halides is 3. The first-order valence-electron chi connectivity index (χ1n) is 5.74. The summed E-state index contributed by atoms with van der Waals surface area (Å²) in [6.07, 6.45) is -2.69. The molecule has 2 rings (SSSR count). The van der Waals surface area contributed by atoms with Crippen LogP contribution in [0.4, 0.5) is 13.2 Å². The van der Waals surface area contributed by atoms with E-state index in [0.717, 1.165) is 16.5 Å². The van der Waals surface area contributed by atoms with Crippen molar-refractivity contribution in [3.8, 4) is 0 Å². The lowest BCUT2D eigenvalue weighted by atomic mass is 10.2. The molecule has 1 heterocycles. The summed E-state index contributed by atoms with van der Waals surface area (Å²) in [6, 6.07) is 7.53. The summed E-state index contributed by atoms with van der Waals surface area (Å²) in [4.78, 5) is 11.4. The number of rotatable bonds is 3. The Bertz CT molecular complexity index is 601. The molecule has 0 saturated carbocycles. The van der Waals surface area contributed by atoms with Gasteiger partial charge < -0.3 is 9.88 Å². The maximum absolute atomic E-state index is 12.0. The fourth-order valence-corrected chi connectivity index (χ4v) is 1.87. The Morgan fingerprint density at radius 1 is 1.32 bits per heavy atom. The number of nitrogens with one attached hydrogen (secondary N) is 1. The van der Waals surface area contributed by atoms with Crippen LogP contribution in [0.2, 0.25) is 0 Å². The highest BCUT2D eigenvalue weighted by molar-refractivity contribution is 5.83. The molecule has 0 unspecified atom stereocenters. The molecule has 102 valence electrons. The third-order valence-electron chi connectivity index (χ3n) is 2.73. The van der Waals surface area contributed by atoms with Crippen LogP contribution in [0, 0.1) is 6.92 Å². The highest BCUT2D eigenvalue weighted by Gasteiger charge is 2.27. The lowest BCUT2D eigenvalue weighted by Gasteiger charge is -2.09. The lowest BCUT2D eigenvalue weighted by Crippen LogP contribution is -2.35. The highest BCUT2D eigenvalue weighted by Crippen LogP contribution is 2.17. The summed E-state index contributed by atoms with van der Waals surface area (Å²) in [5.41, 5.74) is 1.92. The number of carbonyl (C=O) groups is 1. The lowest BCUT2D eigenvalue weighted by molar-refractivity contribution is -0.138. The van der Waals surface area contributed by atoms with Crippen molar-refractivity contribution in [1.29, 1.82) is 0 Å². The van der Waals surface area contributed by atoms with E-state index in [1.165, 1.54) is 0 Å². The Labute approximate surface area is 108 Å². The van der Waals surface area contributed by atoms with Crippen LogP contribution in [-0.4, -0.2) is 23.2 Å². The standard InChI is InChI=1S/C13H13F3N2O/c1-9-2-3-11-10(6-9)4-5-18(11)7-12(19)17-8-13(14,15)16/h2-6H,7-8H2,1H3,(H,17,19). The molecule has 0 bridgehead atoms. The number of fused-ring (bicyclic) bond motifs is 1. The van der Waals surface area contributed by atoms with Crippen molar-refractivity contribution in [3.05, 3.63) is 36.0 Å². The van der Waals surface area contributed by atoms with Gasteiger partial charge in [0.05, 0.1) is 0 Å². The van der Waals surface area contributed by atoms with E-state index < -0.39 is 18.6 Å². The number of aromatic nitrogens is 1. The zero-order chi connectivity index (χ0) is 14.0. The normalized spacial score (nSPS) is 11.8. The number of nitrogens with zero attached hydrogens (tertiary/aromatic N) is 1. The Morgan fingerprint density at radius 2 is 2.05 bits per heavy atom. The van der Waals surface area contributed by atoms with E-state index >= 15 is 0 Å². The van der Waals surface area contributed by atoms with Crippen molar-refractivity contribution in [3.63, 3.8) is 0 Å². The van der Waals surface area contributed by atoms with Gasteiger partial charge >= 0.3 is 6.18 Å². The van der Waals surface area contributed by atoms with Crippen LogP contribution >= 0.6 is 0 Å². The number of hydrogen-bond acceptors (Lipinski definition) is 1. The van der Waals surface area contributed by atoms with Gasteiger partial charge in [0, 0.05) is 11.7 Å². The van der Waals surface area contributed by atoms with Crippen LogP contribution in [0.25, 0.3) is 10.9 Å². The number of hydrogen-bond donors (Lipinski definition) is 1. The zero-order valence-electron chi connectivity index (χ0n) is 10.3. The number of carbonyl (C=O) groups excluding carboxylic acids is 1. The molecule has 0 atom stereocenters. The van der Waals surface area contributed by atoms with Crippen molar-refractivity contribution < 1.29 is 18.0 Å². The SMILES string of the molecule is Cc1ccc2c(ccn2CC(=O)NCC(F)(F)F)c1. The second-order valence-corrected chi connectivity index (χ2v) is 4.40. The summed E-state index contributed by atoms with van der Waals surface area (Å²) in [6.45, 7) is 0.527. The topological polar surface area (TPSA) is 34.0 Å². The molecule has 1 aromatic heterocycles. The minimum Gasteiger partial charge on any atom is -0.345 e. The van der Waals surface area contributed by atoms with Crippen LogP contribution in [0.1, 0.15) is 5.56 Å². The molecule has 1 amide bonds. The van der Waals surface area contributed by atoms with Crippen LogP contribution < -0.4 is 5.32 Å². The van der Waals surface area contributed by atoms with Crippen LogP contribution in [-0.2, 0) is 11.3 Å². The van der Waals surface area contributed by atoms with E-state index in [9.17, 15) is 18.0 Å². The predicted octanol–water partition coefficient (Wildman–Crippen LogP) is 2.63. The van der Waals surface area contributed by atoms with E-state index in [4.69, 9.17) is 0 Å². The zero-order valence-corrected chi connectivity index (χ0v) is 10.3. The minimum atomic E-state index is -4.38. The minimum absolute atomic E-state index is 0.122. The Kier molecular flexibility index (Phi) is 3.50. The van der Waals surface area contributed by atoms with E-state index in [-0.39, 0.29) is 6.54 Å². The van der Waals surface area contributed by atoms with Crippen LogP contribution in [0.3, 0.4) is 0 Å². The van der Waals surface area contributed by atoms with Gasteiger partial charge in [0.2, 0.25) is 5.91 Å². The summed E-state index contributed by atoms with van der Waals surface area (Å²) in [5.74, 6) is -0.657. The molecule has 0 saturated heterocycles. The Morgan fingerprint density at radius 3 is 2.74 bits per heavy atom. The molecule has 2 aromatic rings. The number of halogens is 3. The van der Waals surface area contributed by atoms with Crippen molar-refractivity contribution in [1.82, 2.24) is 9.88 Å². The van der Waals surface area contributed by atoms with Crippen molar-refractivity contribution in [2.75, 3.05) is 6.54 Å². The first-order valence-corrected chi connectivity index (χ1v) is 5.74. The van der Waals surface area contributed by atoms with E-state index in [0.29, 0.717) is 0 Å². The van der Waals surface area contributed by atoms with Gasteiger partial charge in [0.25, 0.3) is 0 Å². The molecule has 0 spiro atoms. The summed E-state index contributed by atoms with van der Waals surface area (Å²) in [5, 5.41) is 2.81. The van der Waals surface area contributed by atoms with Gasteiger partial charge in [-0.1, -0.05) is 11.6 Å². The average Bonchev–Trinajstić information content (AvgIpc) is 2.68. The first kappa shape index (κ1) is 13.5. The molecule has 1 N–H and O–H groups in total. The summed E-state index contributed by atoms with van der Waals surface area (Å²) < 4.78 is 37.5. The molecule has 1 aromatic carbocycles. The predicted molar refractivity (Wildman–Crippen MR) is 65.7 cm³/mol. The second kappa shape index (κ2) is 4.95. The van der Waals surface area contributed by atoms with E-state index in [1.54, 1.807) is 10.8 Å². The number of benzene rings is 1. The third-order valence-corrected chi connectivity index (χ3v) is 2.73. The fraction of sp³-hybridized carbons (Fsp3) is 0.308. The first-order chi connectivity index (χ1) is 8.85. The quantitative estimate of drug-likeness (QED) is 0.914. The maximum Gasteiger partial charge on any atom is 0.405 e. The number of aryl methyl sites for hydroxylation is 1. The molecule has 6 heteroatoms. The van der Waals surface area contributed by atoms with Crippen molar-refractivity contribution >= 4 is 16.8 Å². The van der Waals surface area contributed by atoms with E-state index in [2.05, 4.69) is 0 Å². The van der Waals surface area contributed by atoms with E-state index in [1.807, 2.05) is 36.5 Å². The Balaban J connectivity index is 2.07. The van der Waals surface area contributed by atoms with Gasteiger partial charge in [0.1, 0.15) is 13.1 Å². The summed E-state index contributed by atoms with van der Waals surface area (Å²) in [7, 11) is 0. The summed E-state index contributed by atoms with van der Waals surface area (Å²) >= 11 is 0. The molecule has 0 aliphatic heterocycles. The Hall–Kier alpha value is -1.98. The van der Waals surface area contributed by atoms with Crippen LogP contribution in [0.15, 0.2) is 30.5 Å². The smallest absolute Gasteiger partial charge is 0.345 e. The van der Waals surface area contributed by atoms with Gasteiger partial charge in [0.15, 0.2) is 0 Å². The molecular formula is C13H13F3N2O. The highest BCUT2D eigenvalue weighted by atomic mass is 19.4. The van der Waals surface area contributed by atoms with Gasteiger partial charge in [-0.05, 0) is 30.5 Å². The molecular weight excluding hydrogens is 257 g/mol. The van der Waals surface area contributed by atoms with Crippen molar-refractivity contribution in [2.24, 2.45) is 0 Å². The average molecular weight is 270 g/mol. The molecule has 0 fully saturated rings. The van der Waals surface area contributed by atoms with Gasteiger partial charge in [-0.2, -0.15) is 13.2 Å². The molecule has 3 nitrogen and oxygen atoms in total. The van der Waals surface area contributed by atoms with Gasteiger partial charge in [-0.3, -0.25) is 4.79 Å². The molecule has 0 radical (unpaired) electrons. The van der Waals surface area contributed by atoms with Gasteiger partial charge in [-0.15, -0.1) is 0 Å².